The smallest absolute Gasteiger partial charge is 0.338 e. The minimum atomic E-state index is -0.535. The molecule has 0 spiro atoms. The van der Waals surface area contributed by atoms with E-state index in [1.165, 1.54) is 0 Å². The number of amides is 2. The van der Waals surface area contributed by atoms with E-state index in [0.717, 1.165) is 16.3 Å². The van der Waals surface area contributed by atoms with E-state index in [0.29, 0.717) is 6.42 Å². The predicted octanol–water partition coefficient (Wildman–Crippen LogP) is 2.83. The van der Waals surface area contributed by atoms with Crippen molar-refractivity contribution in [3.8, 4) is 0 Å². The summed E-state index contributed by atoms with van der Waals surface area (Å²) in [5, 5.41) is 7.38. The van der Waals surface area contributed by atoms with Crippen molar-refractivity contribution >= 4 is 28.7 Å². The number of carbonyl (C=O) groups excluding carboxylic acids is 3. The third-order valence-corrected chi connectivity index (χ3v) is 4.69. The summed E-state index contributed by atoms with van der Waals surface area (Å²) >= 11 is 0. The van der Waals surface area contributed by atoms with Gasteiger partial charge in [0, 0.05) is 0 Å². The quantitative estimate of drug-likeness (QED) is 0.702. The summed E-state index contributed by atoms with van der Waals surface area (Å²) in [6.07, 6.45) is 0.604. The molecule has 0 radical (unpaired) electrons. The summed E-state index contributed by atoms with van der Waals surface area (Å²) in [4.78, 5) is 36.5. The zero-order valence-electron chi connectivity index (χ0n) is 16.5. The topological polar surface area (TPSA) is 93.7 Å². The van der Waals surface area contributed by atoms with Gasteiger partial charge in [0.25, 0.3) is 0 Å². The van der Waals surface area contributed by atoms with Crippen LogP contribution in [0.15, 0.2) is 53.7 Å². The van der Waals surface area contributed by atoms with Crippen LogP contribution in [0.2, 0.25) is 0 Å². The van der Waals surface area contributed by atoms with E-state index in [1.54, 1.807) is 6.92 Å². The lowest BCUT2D eigenvalue weighted by Crippen LogP contribution is -2.51. The van der Waals surface area contributed by atoms with E-state index in [-0.39, 0.29) is 30.9 Å². The highest BCUT2D eigenvalue weighted by molar-refractivity contribution is 5.95. The van der Waals surface area contributed by atoms with Gasteiger partial charge >= 0.3 is 18.0 Å². The Bertz CT molecular complexity index is 967. The molecular formula is C22H24N2O5. The number of fused-ring (bicyclic) bond motifs is 1. The van der Waals surface area contributed by atoms with Crippen molar-refractivity contribution < 1.29 is 23.9 Å². The SMILES string of the molecule is CCOC(=O)C1=C(COC(=O)Cc2ccc3ccccc3c2)NC(=O)N[C@H]1CC. The fourth-order valence-corrected chi connectivity index (χ4v) is 3.29. The van der Waals surface area contributed by atoms with Crippen molar-refractivity contribution in [3.63, 3.8) is 0 Å². The van der Waals surface area contributed by atoms with Crippen LogP contribution in [0.1, 0.15) is 25.8 Å². The van der Waals surface area contributed by atoms with Crippen LogP contribution in [0.4, 0.5) is 4.79 Å². The maximum atomic E-state index is 12.3. The van der Waals surface area contributed by atoms with Gasteiger partial charge in [0.1, 0.15) is 6.61 Å². The molecule has 0 bridgehead atoms. The number of benzene rings is 2. The third kappa shape index (κ3) is 4.93. The average Bonchev–Trinajstić information content (AvgIpc) is 2.71. The molecular weight excluding hydrogens is 372 g/mol. The maximum Gasteiger partial charge on any atom is 0.338 e. The zero-order chi connectivity index (χ0) is 20.8. The fraction of sp³-hybridized carbons (Fsp3) is 0.318. The molecule has 1 aliphatic heterocycles. The summed E-state index contributed by atoms with van der Waals surface area (Å²) < 4.78 is 10.4. The molecule has 2 aromatic rings. The Balaban J connectivity index is 1.71. The van der Waals surface area contributed by atoms with Crippen molar-refractivity contribution in [1.82, 2.24) is 10.6 Å². The van der Waals surface area contributed by atoms with Crippen molar-refractivity contribution in [2.45, 2.75) is 32.7 Å². The van der Waals surface area contributed by atoms with E-state index in [9.17, 15) is 14.4 Å². The summed E-state index contributed by atoms with van der Waals surface area (Å²) in [5.41, 5.74) is 1.37. The molecule has 7 heteroatoms. The number of hydrogen-bond acceptors (Lipinski definition) is 5. The molecule has 2 N–H and O–H groups in total. The van der Waals surface area contributed by atoms with E-state index in [4.69, 9.17) is 9.47 Å². The largest absolute Gasteiger partial charge is 0.463 e. The molecule has 0 saturated heterocycles. The average molecular weight is 396 g/mol. The van der Waals surface area contributed by atoms with Crippen LogP contribution in [-0.2, 0) is 25.5 Å². The van der Waals surface area contributed by atoms with Crippen LogP contribution in [-0.4, -0.2) is 37.2 Å². The Morgan fingerprint density at radius 1 is 1.03 bits per heavy atom. The highest BCUT2D eigenvalue weighted by Gasteiger charge is 2.31. The summed E-state index contributed by atoms with van der Waals surface area (Å²) in [7, 11) is 0. The molecule has 152 valence electrons. The van der Waals surface area contributed by atoms with Crippen molar-refractivity contribution in [1.29, 1.82) is 0 Å². The van der Waals surface area contributed by atoms with Gasteiger partial charge < -0.3 is 20.1 Å². The van der Waals surface area contributed by atoms with E-state index in [1.807, 2.05) is 49.4 Å². The molecule has 2 amide bonds. The van der Waals surface area contributed by atoms with Gasteiger partial charge in [-0.3, -0.25) is 4.79 Å². The monoisotopic (exact) mass is 396 g/mol. The van der Waals surface area contributed by atoms with Gasteiger partial charge in [-0.15, -0.1) is 0 Å². The molecule has 1 atom stereocenters. The standard InChI is InChI=1S/C22H24N2O5/c1-3-17-20(21(26)28-4-2)18(24-22(27)23-17)13-29-19(25)12-14-9-10-15-7-5-6-8-16(15)11-14/h5-11,17H,3-4,12-13H2,1-2H3,(H2,23,24,27)/t17-/m0/s1. The minimum Gasteiger partial charge on any atom is -0.463 e. The van der Waals surface area contributed by atoms with Crippen LogP contribution >= 0.6 is 0 Å². The van der Waals surface area contributed by atoms with Crippen LogP contribution in [0.3, 0.4) is 0 Å². The van der Waals surface area contributed by atoms with Gasteiger partial charge in [-0.25, -0.2) is 9.59 Å². The number of hydrogen-bond donors (Lipinski definition) is 2. The van der Waals surface area contributed by atoms with Crippen LogP contribution in [0.25, 0.3) is 10.8 Å². The summed E-state index contributed by atoms with van der Waals surface area (Å²) in [6, 6.07) is 12.7. The Morgan fingerprint density at radius 2 is 1.79 bits per heavy atom. The normalized spacial score (nSPS) is 16.2. The van der Waals surface area contributed by atoms with E-state index in [2.05, 4.69) is 10.6 Å². The number of ether oxygens (including phenoxy) is 2. The number of urea groups is 1. The highest BCUT2D eigenvalue weighted by atomic mass is 16.5. The van der Waals surface area contributed by atoms with Gasteiger partial charge in [-0.1, -0.05) is 49.4 Å². The van der Waals surface area contributed by atoms with Gasteiger partial charge in [0.15, 0.2) is 0 Å². The first kappa shape index (κ1) is 20.4. The van der Waals surface area contributed by atoms with Crippen molar-refractivity contribution in [3.05, 3.63) is 59.3 Å². The first-order valence-electron chi connectivity index (χ1n) is 9.62. The van der Waals surface area contributed by atoms with Gasteiger partial charge in [-0.05, 0) is 29.7 Å². The molecule has 7 nitrogen and oxygen atoms in total. The number of nitrogens with one attached hydrogen (secondary N) is 2. The highest BCUT2D eigenvalue weighted by Crippen LogP contribution is 2.19. The first-order valence-corrected chi connectivity index (χ1v) is 9.62. The Hall–Kier alpha value is -3.35. The number of esters is 2. The third-order valence-electron chi connectivity index (χ3n) is 4.69. The Morgan fingerprint density at radius 3 is 2.52 bits per heavy atom. The lowest BCUT2D eigenvalue weighted by atomic mass is 10.0. The summed E-state index contributed by atoms with van der Waals surface area (Å²) in [5.74, 6) is -0.982. The van der Waals surface area contributed by atoms with Gasteiger partial charge in [0.2, 0.25) is 0 Å². The van der Waals surface area contributed by atoms with Crippen LogP contribution < -0.4 is 10.6 Å². The second-order valence-electron chi connectivity index (χ2n) is 6.69. The second-order valence-corrected chi connectivity index (χ2v) is 6.69. The van der Waals surface area contributed by atoms with Gasteiger partial charge in [-0.2, -0.15) is 0 Å². The molecule has 0 saturated carbocycles. The molecule has 0 aliphatic carbocycles. The lowest BCUT2D eigenvalue weighted by molar-refractivity contribution is -0.143. The molecule has 29 heavy (non-hydrogen) atoms. The minimum absolute atomic E-state index is 0.0935. The number of carbonyl (C=O) groups is 3. The molecule has 0 unspecified atom stereocenters. The van der Waals surface area contributed by atoms with Crippen molar-refractivity contribution in [2.24, 2.45) is 0 Å². The fourth-order valence-electron chi connectivity index (χ4n) is 3.29. The van der Waals surface area contributed by atoms with Gasteiger partial charge in [0.05, 0.1) is 30.3 Å². The first-order chi connectivity index (χ1) is 14.0. The molecule has 3 rings (SSSR count). The van der Waals surface area contributed by atoms with E-state index < -0.39 is 24.0 Å². The predicted molar refractivity (Wildman–Crippen MR) is 108 cm³/mol. The molecule has 2 aromatic carbocycles. The lowest BCUT2D eigenvalue weighted by Gasteiger charge is -2.28. The molecule has 1 heterocycles. The van der Waals surface area contributed by atoms with Crippen molar-refractivity contribution in [2.75, 3.05) is 13.2 Å². The molecule has 0 fully saturated rings. The Labute approximate surface area is 169 Å². The van der Waals surface area contributed by atoms with Crippen LogP contribution in [0.5, 0.6) is 0 Å². The molecule has 1 aliphatic rings. The van der Waals surface area contributed by atoms with E-state index >= 15 is 0 Å². The molecule has 0 aromatic heterocycles. The summed E-state index contributed by atoms with van der Waals surface area (Å²) in [6.45, 7) is 3.56. The zero-order valence-corrected chi connectivity index (χ0v) is 16.5. The van der Waals surface area contributed by atoms with Crippen LogP contribution in [0, 0.1) is 0 Å². The maximum absolute atomic E-state index is 12.3. The number of rotatable bonds is 7. The Kier molecular flexibility index (Phi) is 6.49. The second kappa shape index (κ2) is 9.23.